The van der Waals surface area contributed by atoms with E-state index in [2.05, 4.69) is 22.0 Å². The van der Waals surface area contributed by atoms with Gasteiger partial charge in [0.05, 0.1) is 0 Å². The summed E-state index contributed by atoms with van der Waals surface area (Å²) in [7, 11) is 0. The number of rotatable bonds is 0. The van der Waals surface area contributed by atoms with E-state index in [1.165, 1.54) is 0 Å². The van der Waals surface area contributed by atoms with E-state index in [1.54, 1.807) is 0 Å². The van der Waals surface area contributed by atoms with Crippen LogP contribution in [0, 0.1) is 13.0 Å². The maximum atomic E-state index is 5.66. The van der Waals surface area contributed by atoms with Crippen LogP contribution in [-0.4, -0.2) is 0 Å². The second-order valence-corrected chi connectivity index (χ2v) is 3.12. The number of hydrogen-bond acceptors (Lipinski definition) is 0. The molecule has 0 amide bonds. The minimum atomic E-state index is 0.655. The number of benzene rings is 1. The summed E-state index contributed by atoms with van der Waals surface area (Å²) in [4.78, 5) is 0. The smallest absolute Gasteiger partial charge is 0.0499 e. The van der Waals surface area contributed by atoms with Crippen LogP contribution in [0.15, 0.2) is 16.6 Å². The third-order valence-corrected chi connectivity index (χ3v) is 1.58. The summed E-state index contributed by atoms with van der Waals surface area (Å²) in [6, 6.07) is 6.72. The van der Waals surface area contributed by atoms with Gasteiger partial charge in [-0.3, -0.25) is 0 Å². The molecule has 1 radical (unpaired) electrons. The molecule has 0 N–H and O–H groups in total. The van der Waals surface area contributed by atoms with Gasteiger partial charge < -0.3 is 0 Å². The van der Waals surface area contributed by atoms with Crippen molar-refractivity contribution in [3.05, 3.63) is 33.3 Å². The van der Waals surface area contributed by atoms with Gasteiger partial charge in [-0.05, 0) is 24.6 Å². The van der Waals surface area contributed by atoms with Crippen LogP contribution < -0.4 is 0 Å². The third kappa shape index (κ3) is 1.99. The molecule has 0 unspecified atom stereocenters. The van der Waals surface area contributed by atoms with Gasteiger partial charge in [-0.2, -0.15) is 0 Å². The second-order valence-electron chi connectivity index (χ2n) is 1.85. The molecule has 1 rings (SSSR count). The van der Waals surface area contributed by atoms with Crippen molar-refractivity contribution in [3.8, 4) is 0 Å². The van der Waals surface area contributed by atoms with Crippen LogP contribution in [0.5, 0.6) is 0 Å². The van der Waals surface area contributed by atoms with E-state index >= 15 is 0 Å². The van der Waals surface area contributed by atoms with Gasteiger partial charge in [0.15, 0.2) is 0 Å². The Hall–Kier alpha value is -0.0100. The molecule has 47 valence electrons. The zero-order valence-electron chi connectivity index (χ0n) is 4.91. The average Bonchev–Trinajstić information content (AvgIpc) is 1.59. The Morgan fingerprint density at radius 2 is 2.22 bits per heavy atom. The Balaban J connectivity index is 3.17. The maximum absolute atomic E-state index is 5.66. The largest absolute Gasteiger partial charge is 0.0836 e. The lowest BCUT2D eigenvalue weighted by Gasteiger charge is -1.93. The van der Waals surface area contributed by atoms with Gasteiger partial charge in [0.2, 0.25) is 0 Å². The van der Waals surface area contributed by atoms with E-state index in [1.807, 2.05) is 19.1 Å². The van der Waals surface area contributed by atoms with Gasteiger partial charge in [0.25, 0.3) is 0 Å². The van der Waals surface area contributed by atoms with Crippen molar-refractivity contribution in [1.29, 1.82) is 0 Å². The van der Waals surface area contributed by atoms with Gasteiger partial charge in [-0.1, -0.05) is 27.5 Å². The van der Waals surface area contributed by atoms with Crippen LogP contribution in [0.4, 0.5) is 0 Å². The van der Waals surface area contributed by atoms with Crippen LogP contribution in [0.2, 0.25) is 5.02 Å². The van der Waals surface area contributed by atoms with Crippen LogP contribution in [0.3, 0.4) is 0 Å². The van der Waals surface area contributed by atoms with Gasteiger partial charge in [-0.15, -0.1) is 0 Å². The van der Waals surface area contributed by atoms with Crippen molar-refractivity contribution < 1.29 is 0 Å². The van der Waals surface area contributed by atoms with E-state index in [0.717, 1.165) is 10.0 Å². The summed E-state index contributed by atoms with van der Waals surface area (Å²) < 4.78 is 0.910. The van der Waals surface area contributed by atoms with Crippen LogP contribution >= 0.6 is 27.5 Å². The van der Waals surface area contributed by atoms with Gasteiger partial charge >= 0.3 is 0 Å². The average molecular weight is 204 g/mol. The summed E-state index contributed by atoms with van der Waals surface area (Å²) in [5, 5.41) is 0.655. The van der Waals surface area contributed by atoms with Crippen molar-refractivity contribution in [2.75, 3.05) is 0 Å². The highest BCUT2D eigenvalue weighted by atomic mass is 79.9. The number of hydrogen-bond donors (Lipinski definition) is 0. The highest BCUT2D eigenvalue weighted by Gasteiger charge is 1.91. The molecule has 0 bridgehead atoms. The lowest BCUT2D eigenvalue weighted by atomic mass is 10.2. The fourth-order valence-corrected chi connectivity index (χ4v) is 1.59. The van der Waals surface area contributed by atoms with E-state index < -0.39 is 0 Å². The van der Waals surface area contributed by atoms with E-state index in [-0.39, 0.29) is 0 Å². The van der Waals surface area contributed by atoms with Crippen molar-refractivity contribution in [2.45, 2.75) is 6.92 Å². The molecule has 1 aromatic carbocycles. The van der Waals surface area contributed by atoms with Crippen LogP contribution in [-0.2, 0) is 0 Å². The molecule has 0 nitrogen and oxygen atoms in total. The number of aryl methyl sites for hydroxylation is 1. The van der Waals surface area contributed by atoms with Crippen LogP contribution in [0.25, 0.3) is 0 Å². The standard InChI is InChI=1S/C7H5BrCl/c1-5-2-6(8)4-7(9)3-5/h2-3H,1H3. The van der Waals surface area contributed by atoms with Gasteiger partial charge in [0.1, 0.15) is 0 Å². The molecule has 0 aliphatic carbocycles. The molecule has 2 heteroatoms. The fraction of sp³-hybridized carbons (Fsp3) is 0.143. The van der Waals surface area contributed by atoms with Gasteiger partial charge in [0, 0.05) is 15.6 Å². The van der Waals surface area contributed by atoms with Crippen molar-refractivity contribution in [2.24, 2.45) is 0 Å². The highest BCUT2D eigenvalue weighted by Crippen LogP contribution is 2.17. The summed E-state index contributed by atoms with van der Waals surface area (Å²) in [6.07, 6.45) is 0. The normalized spacial score (nSPS) is 9.67. The summed E-state index contributed by atoms with van der Waals surface area (Å²) in [6.45, 7) is 1.99. The van der Waals surface area contributed by atoms with Gasteiger partial charge in [-0.25, -0.2) is 0 Å². The molecule has 0 heterocycles. The minimum absolute atomic E-state index is 0.655. The predicted molar refractivity (Wildman–Crippen MR) is 42.7 cm³/mol. The Kier molecular flexibility index (Phi) is 2.14. The van der Waals surface area contributed by atoms with E-state index in [0.29, 0.717) is 5.02 Å². The molecule has 0 aliphatic heterocycles. The Labute approximate surface area is 68.0 Å². The monoisotopic (exact) mass is 203 g/mol. The Morgan fingerprint density at radius 3 is 2.67 bits per heavy atom. The molecule has 0 aromatic heterocycles. The lowest BCUT2D eigenvalue weighted by Crippen LogP contribution is -1.71. The molecule has 0 saturated heterocycles. The number of halogens is 2. The Morgan fingerprint density at radius 1 is 1.56 bits per heavy atom. The van der Waals surface area contributed by atoms with E-state index in [9.17, 15) is 0 Å². The maximum Gasteiger partial charge on any atom is 0.0499 e. The third-order valence-electron chi connectivity index (χ3n) is 0.948. The van der Waals surface area contributed by atoms with Crippen molar-refractivity contribution in [1.82, 2.24) is 0 Å². The molecule has 1 aromatic rings. The molecule has 0 aliphatic rings. The Bertz CT molecular complexity index is 170. The SMILES string of the molecule is Cc1cc(Cl)[c]c(Br)c1. The quantitative estimate of drug-likeness (QED) is 0.609. The second kappa shape index (κ2) is 2.72. The minimum Gasteiger partial charge on any atom is -0.0836 e. The molecule has 0 spiro atoms. The first-order valence-electron chi connectivity index (χ1n) is 2.53. The molecular weight excluding hydrogens is 199 g/mol. The summed E-state index contributed by atoms with van der Waals surface area (Å²) in [5.41, 5.74) is 1.14. The van der Waals surface area contributed by atoms with Crippen LogP contribution in [0.1, 0.15) is 5.56 Å². The molecule has 0 fully saturated rings. The molecule has 0 atom stereocenters. The first-order valence-corrected chi connectivity index (χ1v) is 3.70. The fourth-order valence-electron chi connectivity index (χ4n) is 0.628. The molecule has 0 saturated carbocycles. The van der Waals surface area contributed by atoms with Crippen molar-refractivity contribution >= 4 is 27.5 Å². The highest BCUT2D eigenvalue weighted by molar-refractivity contribution is 9.10. The first kappa shape index (κ1) is 7.10. The summed E-state index contributed by atoms with van der Waals surface area (Å²) in [5.74, 6) is 0. The zero-order valence-corrected chi connectivity index (χ0v) is 7.25. The summed E-state index contributed by atoms with van der Waals surface area (Å²) >= 11 is 8.94. The molecule has 9 heavy (non-hydrogen) atoms. The lowest BCUT2D eigenvalue weighted by molar-refractivity contribution is 1.45. The predicted octanol–water partition coefficient (Wildman–Crippen LogP) is 3.21. The molecular formula is C7H5BrCl. The zero-order chi connectivity index (χ0) is 6.85. The first-order chi connectivity index (χ1) is 4.18. The topological polar surface area (TPSA) is 0 Å². The van der Waals surface area contributed by atoms with Crippen molar-refractivity contribution in [3.63, 3.8) is 0 Å². The van der Waals surface area contributed by atoms with E-state index in [4.69, 9.17) is 11.6 Å².